The van der Waals surface area contributed by atoms with Gasteiger partial charge in [-0.25, -0.2) is 0 Å². The highest BCUT2D eigenvalue weighted by molar-refractivity contribution is 5.85. The van der Waals surface area contributed by atoms with Crippen LogP contribution in [0.4, 0.5) is 0 Å². The van der Waals surface area contributed by atoms with Crippen molar-refractivity contribution in [2.45, 2.75) is 72.6 Å². The summed E-state index contributed by atoms with van der Waals surface area (Å²) in [5, 5.41) is 1.11. The third-order valence-corrected chi connectivity index (χ3v) is 5.28. The summed E-state index contributed by atoms with van der Waals surface area (Å²) in [6.07, 6.45) is 3.14. The first-order valence-corrected chi connectivity index (χ1v) is 9.34. The largest absolute Gasteiger partial charge is 0.488 e. The van der Waals surface area contributed by atoms with Crippen molar-refractivity contribution in [3.8, 4) is 5.75 Å². The van der Waals surface area contributed by atoms with Gasteiger partial charge in [0.1, 0.15) is 11.9 Å². The number of hydrogen-bond acceptors (Lipinski definition) is 3. The minimum atomic E-state index is 0.146. The van der Waals surface area contributed by atoms with Crippen LogP contribution in [0.15, 0.2) is 30.5 Å². The average molecular weight is 341 g/mol. The molecule has 3 nitrogen and oxygen atoms in total. The molecule has 1 saturated heterocycles. The van der Waals surface area contributed by atoms with E-state index < -0.39 is 0 Å². The molecule has 0 bridgehead atoms. The van der Waals surface area contributed by atoms with Crippen LogP contribution in [0.25, 0.3) is 10.9 Å². The third kappa shape index (κ3) is 3.82. The molecule has 0 N–H and O–H groups in total. The van der Waals surface area contributed by atoms with Gasteiger partial charge in [0.25, 0.3) is 0 Å². The first-order chi connectivity index (χ1) is 11.6. The Bertz CT molecular complexity index is 733. The fraction of sp³-hybridized carbons (Fsp3) is 0.591. The summed E-state index contributed by atoms with van der Waals surface area (Å²) in [5.74, 6) is 0.957. The molecule has 2 atom stereocenters. The molecule has 136 valence electrons. The summed E-state index contributed by atoms with van der Waals surface area (Å²) in [4.78, 5) is 7.11. The molecule has 0 radical (unpaired) electrons. The number of benzene rings is 1. The monoisotopic (exact) mass is 340 g/mol. The lowest BCUT2D eigenvalue weighted by Crippen LogP contribution is -2.49. The summed E-state index contributed by atoms with van der Waals surface area (Å²) < 4.78 is 6.50. The number of pyridine rings is 1. The molecule has 2 heterocycles. The van der Waals surface area contributed by atoms with Gasteiger partial charge < -0.3 is 4.74 Å². The Hall–Kier alpha value is -1.61. The van der Waals surface area contributed by atoms with Crippen LogP contribution in [0.5, 0.6) is 5.75 Å². The van der Waals surface area contributed by atoms with E-state index in [0.29, 0.717) is 6.04 Å². The van der Waals surface area contributed by atoms with E-state index in [-0.39, 0.29) is 17.1 Å². The number of fused-ring (bicyclic) bond motifs is 1. The van der Waals surface area contributed by atoms with Gasteiger partial charge in [0.15, 0.2) is 0 Å². The van der Waals surface area contributed by atoms with E-state index in [1.54, 1.807) is 0 Å². The van der Waals surface area contributed by atoms with Gasteiger partial charge in [0.05, 0.1) is 5.52 Å². The van der Waals surface area contributed by atoms with E-state index in [4.69, 9.17) is 4.74 Å². The lowest BCUT2D eigenvalue weighted by molar-refractivity contribution is 0.0559. The molecular formula is C22H32N2O. The maximum atomic E-state index is 6.50. The van der Waals surface area contributed by atoms with Gasteiger partial charge in [0.2, 0.25) is 0 Å². The topological polar surface area (TPSA) is 25.4 Å². The minimum Gasteiger partial charge on any atom is -0.488 e. The molecule has 3 heteroatoms. The maximum Gasteiger partial charge on any atom is 0.130 e. The second kappa shape index (κ2) is 6.28. The van der Waals surface area contributed by atoms with Crippen LogP contribution in [-0.4, -0.2) is 34.1 Å². The molecule has 1 aromatic carbocycles. The Kier molecular flexibility index (Phi) is 4.57. The summed E-state index contributed by atoms with van der Waals surface area (Å²) in [5.41, 5.74) is 2.62. The fourth-order valence-corrected chi connectivity index (χ4v) is 3.96. The van der Waals surface area contributed by atoms with E-state index in [1.807, 2.05) is 12.3 Å². The van der Waals surface area contributed by atoms with Crippen molar-refractivity contribution in [1.29, 1.82) is 0 Å². The number of rotatable bonds is 2. The van der Waals surface area contributed by atoms with Crippen molar-refractivity contribution in [2.24, 2.45) is 5.41 Å². The van der Waals surface area contributed by atoms with E-state index in [9.17, 15) is 0 Å². The summed E-state index contributed by atoms with van der Waals surface area (Å²) in [7, 11) is 0. The molecule has 1 aliphatic rings. The molecule has 0 saturated carbocycles. The highest BCUT2D eigenvalue weighted by atomic mass is 16.5. The number of aryl methyl sites for hydroxylation is 1. The Morgan fingerprint density at radius 1 is 1.08 bits per heavy atom. The summed E-state index contributed by atoms with van der Waals surface area (Å²) >= 11 is 0. The van der Waals surface area contributed by atoms with Crippen molar-refractivity contribution in [2.75, 3.05) is 6.54 Å². The zero-order chi connectivity index (χ0) is 18.4. The van der Waals surface area contributed by atoms with Crippen molar-refractivity contribution >= 4 is 10.9 Å². The molecule has 1 aromatic heterocycles. The van der Waals surface area contributed by atoms with E-state index in [1.165, 1.54) is 5.56 Å². The smallest absolute Gasteiger partial charge is 0.130 e. The quantitative estimate of drug-likeness (QED) is 0.750. The van der Waals surface area contributed by atoms with E-state index >= 15 is 0 Å². The van der Waals surface area contributed by atoms with Crippen LogP contribution < -0.4 is 4.74 Å². The number of ether oxygens (including phenoxy) is 1. The van der Waals surface area contributed by atoms with Crippen LogP contribution in [-0.2, 0) is 0 Å². The zero-order valence-corrected chi connectivity index (χ0v) is 16.8. The van der Waals surface area contributed by atoms with Crippen LogP contribution in [0.1, 0.15) is 53.5 Å². The number of nitrogens with zero attached hydrogens (tertiary/aromatic N) is 2. The predicted molar refractivity (Wildman–Crippen MR) is 105 cm³/mol. The van der Waals surface area contributed by atoms with Gasteiger partial charge in [-0.2, -0.15) is 0 Å². The fourth-order valence-electron chi connectivity index (χ4n) is 3.96. The summed E-state index contributed by atoms with van der Waals surface area (Å²) in [6.45, 7) is 17.0. The molecule has 1 fully saturated rings. The second-order valence-corrected chi connectivity index (χ2v) is 9.51. The highest BCUT2D eigenvalue weighted by Gasteiger charge is 2.44. The molecule has 0 amide bonds. The van der Waals surface area contributed by atoms with Crippen molar-refractivity contribution in [3.63, 3.8) is 0 Å². The Morgan fingerprint density at radius 3 is 2.40 bits per heavy atom. The molecular weight excluding hydrogens is 308 g/mol. The average Bonchev–Trinajstić information content (AvgIpc) is 2.91. The second-order valence-electron chi connectivity index (χ2n) is 9.51. The standard InChI is InChI=1S/C22H32N2O/c1-15-8-9-17-18(12-15)23-11-10-19(17)25-16-13-20(21(2,3)4)24(14-16)22(5,6)7/h8-12,16,20H,13-14H2,1-7H3. The van der Waals surface area contributed by atoms with E-state index in [2.05, 4.69) is 76.5 Å². The van der Waals surface area contributed by atoms with Crippen molar-refractivity contribution < 1.29 is 4.74 Å². The predicted octanol–water partition coefficient (Wildman–Crippen LogP) is 5.21. The maximum absolute atomic E-state index is 6.50. The normalized spacial score (nSPS) is 22.5. The molecule has 1 aliphatic heterocycles. The lowest BCUT2D eigenvalue weighted by atomic mass is 9.83. The molecule has 2 unspecified atom stereocenters. The third-order valence-electron chi connectivity index (χ3n) is 5.28. The Labute approximate surface area is 152 Å². The SMILES string of the molecule is Cc1ccc2c(OC3CC(C(C)(C)C)N(C(C)(C)C)C3)ccnc2c1. The summed E-state index contributed by atoms with van der Waals surface area (Å²) in [6, 6.07) is 8.91. The van der Waals surface area contributed by atoms with E-state index in [0.717, 1.165) is 29.6 Å². The number of aromatic nitrogens is 1. The van der Waals surface area contributed by atoms with Crippen molar-refractivity contribution in [1.82, 2.24) is 9.88 Å². The molecule has 25 heavy (non-hydrogen) atoms. The molecule has 2 aromatic rings. The van der Waals surface area contributed by atoms with Crippen molar-refractivity contribution in [3.05, 3.63) is 36.0 Å². The van der Waals surface area contributed by atoms with Gasteiger partial charge in [0, 0.05) is 36.1 Å². The molecule has 3 rings (SSSR count). The van der Waals surface area contributed by atoms with Crippen LogP contribution in [0.2, 0.25) is 0 Å². The zero-order valence-electron chi connectivity index (χ0n) is 16.8. The molecule has 0 spiro atoms. The molecule has 0 aliphatic carbocycles. The first kappa shape index (κ1) is 18.2. The van der Waals surface area contributed by atoms with Gasteiger partial charge >= 0.3 is 0 Å². The number of hydrogen-bond donors (Lipinski definition) is 0. The van der Waals surface area contributed by atoms with Crippen LogP contribution in [0, 0.1) is 12.3 Å². The van der Waals surface area contributed by atoms with Gasteiger partial charge in [-0.05, 0) is 56.9 Å². The Balaban J connectivity index is 1.87. The lowest BCUT2D eigenvalue weighted by Gasteiger charge is -2.42. The highest BCUT2D eigenvalue weighted by Crippen LogP contribution is 2.39. The van der Waals surface area contributed by atoms with Crippen LogP contribution >= 0.6 is 0 Å². The minimum absolute atomic E-state index is 0.146. The van der Waals surface area contributed by atoms with Gasteiger partial charge in [-0.15, -0.1) is 0 Å². The number of likely N-dealkylation sites (tertiary alicyclic amines) is 1. The van der Waals surface area contributed by atoms with Gasteiger partial charge in [-0.3, -0.25) is 9.88 Å². The Morgan fingerprint density at radius 2 is 1.80 bits per heavy atom. The first-order valence-electron chi connectivity index (χ1n) is 9.34. The van der Waals surface area contributed by atoms with Crippen LogP contribution in [0.3, 0.4) is 0 Å². The van der Waals surface area contributed by atoms with Gasteiger partial charge in [-0.1, -0.05) is 26.8 Å².